The quantitative estimate of drug-likeness (QED) is 0.657. The molecule has 0 unspecified atom stereocenters. The highest BCUT2D eigenvalue weighted by Crippen LogP contribution is 2.23. The topological polar surface area (TPSA) is 81.4 Å². The fourth-order valence-electron chi connectivity index (χ4n) is 2.61. The molecule has 1 amide bonds. The van der Waals surface area contributed by atoms with Crippen LogP contribution in [-0.4, -0.2) is 24.5 Å². The number of carbonyl (C=O) groups excluding carboxylic acids is 2. The lowest BCUT2D eigenvalue weighted by atomic mass is 9.86. The highest BCUT2D eigenvalue weighted by Gasteiger charge is 2.23. The van der Waals surface area contributed by atoms with E-state index < -0.39 is 5.97 Å². The van der Waals surface area contributed by atoms with Crippen LogP contribution in [0.25, 0.3) is 0 Å². The van der Waals surface area contributed by atoms with Gasteiger partial charge >= 0.3 is 5.97 Å². The molecule has 0 spiro atoms. The van der Waals surface area contributed by atoms with Crippen LogP contribution in [0.3, 0.4) is 0 Å². The van der Waals surface area contributed by atoms with Crippen molar-refractivity contribution in [3.8, 4) is 0 Å². The first-order valence-corrected chi connectivity index (χ1v) is 7.38. The van der Waals surface area contributed by atoms with Crippen LogP contribution in [0.5, 0.6) is 0 Å². The van der Waals surface area contributed by atoms with Crippen molar-refractivity contribution in [3.63, 3.8) is 0 Å². The SMILES string of the molecule is C[C@H]1CCCC[C@H]1NC(=O)COC(=O)c1ccc(N)cc1. The van der Waals surface area contributed by atoms with Crippen LogP contribution < -0.4 is 11.1 Å². The third kappa shape index (κ3) is 4.48. The van der Waals surface area contributed by atoms with E-state index in [0.717, 1.165) is 19.3 Å². The summed E-state index contributed by atoms with van der Waals surface area (Å²) in [6.45, 7) is 1.90. The molecule has 1 aromatic rings. The number of hydrogen-bond acceptors (Lipinski definition) is 4. The number of anilines is 1. The average molecular weight is 290 g/mol. The summed E-state index contributed by atoms with van der Waals surface area (Å²) in [5.41, 5.74) is 6.52. The van der Waals surface area contributed by atoms with Crippen LogP contribution in [0.1, 0.15) is 43.0 Å². The van der Waals surface area contributed by atoms with Gasteiger partial charge in [0.25, 0.3) is 5.91 Å². The second-order valence-electron chi connectivity index (χ2n) is 5.63. The summed E-state index contributed by atoms with van der Waals surface area (Å²) >= 11 is 0. The molecule has 1 fully saturated rings. The van der Waals surface area contributed by atoms with Gasteiger partial charge in [-0.05, 0) is 43.0 Å². The molecule has 21 heavy (non-hydrogen) atoms. The molecule has 5 nitrogen and oxygen atoms in total. The predicted octanol–water partition coefficient (Wildman–Crippen LogP) is 2.12. The van der Waals surface area contributed by atoms with Gasteiger partial charge < -0.3 is 15.8 Å². The maximum absolute atomic E-state index is 11.8. The maximum Gasteiger partial charge on any atom is 0.338 e. The molecule has 0 bridgehead atoms. The molecule has 0 aliphatic heterocycles. The highest BCUT2D eigenvalue weighted by molar-refractivity contribution is 5.91. The smallest absolute Gasteiger partial charge is 0.338 e. The van der Waals surface area contributed by atoms with Crippen molar-refractivity contribution in [1.29, 1.82) is 0 Å². The van der Waals surface area contributed by atoms with Crippen LogP contribution in [0.15, 0.2) is 24.3 Å². The Balaban J connectivity index is 1.78. The Bertz CT molecular complexity index is 499. The molecule has 0 aromatic heterocycles. The third-order valence-corrected chi connectivity index (χ3v) is 3.94. The van der Waals surface area contributed by atoms with E-state index in [1.54, 1.807) is 24.3 Å². The highest BCUT2D eigenvalue weighted by atomic mass is 16.5. The summed E-state index contributed by atoms with van der Waals surface area (Å²) in [5, 5.41) is 2.95. The van der Waals surface area contributed by atoms with Gasteiger partial charge in [0.1, 0.15) is 0 Å². The number of rotatable bonds is 4. The first kappa shape index (κ1) is 15.4. The predicted molar refractivity (Wildman–Crippen MR) is 80.7 cm³/mol. The minimum absolute atomic E-state index is 0.196. The molecule has 1 aliphatic carbocycles. The van der Waals surface area contributed by atoms with Gasteiger partial charge in [0.05, 0.1) is 5.56 Å². The summed E-state index contributed by atoms with van der Waals surface area (Å²) in [5.74, 6) is -0.269. The van der Waals surface area contributed by atoms with E-state index in [2.05, 4.69) is 12.2 Å². The van der Waals surface area contributed by atoms with Gasteiger partial charge in [0.2, 0.25) is 0 Å². The molecule has 3 N–H and O–H groups in total. The Morgan fingerprint density at radius 2 is 1.90 bits per heavy atom. The normalized spacial score (nSPS) is 21.6. The Hall–Kier alpha value is -2.04. The monoisotopic (exact) mass is 290 g/mol. The largest absolute Gasteiger partial charge is 0.452 e. The molecule has 5 heteroatoms. The van der Waals surface area contributed by atoms with Gasteiger partial charge in [0.15, 0.2) is 6.61 Å². The molecule has 0 saturated heterocycles. The molecular formula is C16H22N2O3. The van der Waals surface area contributed by atoms with Crippen LogP contribution >= 0.6 is 0 Å². The number of hydrogen-bond donors (Lipinski definition) is 2. The molecule has 0 radical (unpaired) electrons. The first-order chi connectivity index (χ1) is 10.1. The van der Waals surface area contributed by atoms with Gasteiger partial charge in [-0.25, -0.2) is 4.79 Å². The summed E-state index contributed by atoms with van der Waals surface area (Å²) in [6.07, 6.45) is 4.50. The van der Waals surface area contributed by atoms with Gasteiger partial charge in [-0.1, -0.05) is 19.8 Å². The number of benzene rings is 1. The van der Waals surface area contributed by atoms with Gasteiger partial charge in [-0.15, -0.1) is 0 Å². The summed E-state index contributed by atoms with van der Waals surface area (Å²) in [7, 11) is 0. The number of nitrogens with two attached hydrogens (primary N) is 1. The number of nitrogens with one attached hydrogen (secondary N) is 1. The van der Waals surface area contributed by atoms with Crippen molar-refractivity contribution in [2.24, 2.45) is 5.92 Å². The molecule has 1 aliphatic rings. The lowest BCUT2D eigenvalue weighted by Gasteiger charge is -2.29. The standard InChI is InChI=1S/C16H22N2O3/c1-11-4-2-3-5-14(11)18-15(19)10-21-16(20)12-6-8-13(17)9-7-12/h6-9,11,14H,2-5,10,17H2,1H3,(H,18,19)/t11-,14+/m0/s1. The molecule has 2 atom stereocenters. The third-order valence-electron chi connectivity index (χ3n) is 3.94. The Labute approximate surface area is 124 Å². The van der Waals surface area contributed by atoms with Crippen molar-refractivity contribution in [2.45, 2.75) is 38.6 Å². The van der Waals surface area contributed by atoms with Crippen molar-refractivity contribution in [2.75, 3.05) is 12.3 Å². The zero-order valence-corrected chi connectivity index (χ0v) is 12.3. The fourth-order valence-corrected chi connectivity index (χ4v) is 2.61. The van der Waals surface area contributed by atoms with Gasteiger partial charge in [0, 0.05) is 11.7 Å². The van der Waals surface area contributed by atoms with Crippen molar-refractivity contribution in [3.05, 3.63) is 29.8 Å². The summed E-state index contributed by atoms with van der Waals surface area (Å²) in [4.78, 5) is 23.6. The lowest BCUT2D eigenvalue weighted by Crippen LogP contribution is -2.42. The zero-order valence-electron chi connectivity index (χ0n) is 12.3. The fraction of sp³-hybridized carbons (Fsp3) is 0.500. The van der Waals surface area contributed by atoms with Crippen LogP contribution in [0, 0.1) is 5.92 Å². The average Bonchev–Trinajstić information content (AvgIpc) is 2.48. The Kier molecular flexibility index (Phi) is 5.20. The van der Waals surface area contributed by atoms with E-state index in [1.165, 1.54) is 6.42 Å². The van der Waals surface area contributed by atoms with E-state index in [1.807, 2.05) is 0 Å². The van der Waals surface area contributed by atoms with Crippen molar-refractivity contribution >= 4 is 17.6 Å². The first-order valence-electron chi connectivity index (χ1n) is 7.38. The number of nitrogen functional groups attached to an aromatic ring is 1. The summed E-state index contributed by atoms with van der Waals surface area (Å²) < 4.78 is 5.01. The Morgan fingerprint density at radius 1 is 1.24 bits per heavy atom. The second-order valence-corrected chi connectivity index (χ2v) is 5.63. The lowest BCUT2D eigenvalue weighted by molar-refractivity contribution is -0.125. The van der Waals surface area contributed by atoms with Crippen molar-refractivity contribution < 1.29 is 14.3 Å². The van der Waals surface area contributed by atoms with Gasteiger partial charge in [-0.3, -0.25) is 4.79 Å². The molecule has 2 rings (SSSR count). The molecule has 1 aromatic carbocycles. The van der Waals surface area contributed by atoms with E-state index in [9.17, 15) is 9.59 Å². The Morgan fingerprint density at radius 3 is 2.57 bits per heavy atom. The number of esters is 1. The van der Waals surface area contributed by atoms with E-state index in [-0.39, 0.29) is 18.6 Å². The van der Waals surface area contributed by atoms with Crippen LogP contribution in [0.4, 0.5) is 5.69 Å². The summed E-state index contributed by atoms with van der Waals surface area (Å²) in [6, 6.07) is 6.61. The molecule has 0 heterocycles. The zero-order chi connectivity index (χ0) is 15.2. The number of carbonyl (C=O) groups is 2. The van der Waals surface area contributed by atoms with E-state index in [4.69, 9.17) is 10.5 Å². The van der Waals surface area contributed by atoms with Crippen LogP contribution in [0.2, 0.25) is 0 Å². The molecule has 114 valence electrons. The number of amides is 1. The van der Waals surface area contributed by atoms with E-state index >= 15 is 0 Å². The minimum atomic E-state index is -0.512. The second kappa shape index (κ2) is 7.11. The van der Waals surface area contributed by atoms with Crippen LogP contribution in [-0.2, 0) is 9.53 Å². The van der Waals surface area contributed by atoms with Gasteiger partial charge in [-0.2, -0.15) is 0 Å². The minimum Gasteiger partial charge on any atom is -0.452 e. The molecular weight excluding hydrogens is 268 g/mol. The molecule has 1 saturated carbocycles. The van der Waals surface area contributed by atoms with E-state index in [0.29, 0.717) is 17.2 Å². The maximum atomic E-state index is 11.8. The number of ether oxygens (including phenoxy) is 1. The van der Waals surface area contributed by atoms with Crippen molar-refractivity contribution in [1.82, 2.24) is 5.32 Å².